The van der Waals surface area contributed by atoms with Crippen LogP contribution in [0.25, 0.3) is 5.69 Å². The predicted molar refractivity (Wildman–Crippen MR) is 94.7 cm³/mol. The van der Waals surface area contributed by atoms with Gasteiger partial charge >= 0.3 is 5.97 Å². The smallest absolute Gasteiger partial charge is 0.339 e. The lowest BCUT2D eigenvalue weighted by Crippen LogP contribution is -2.30. The van der Waals surface area contributed by atoms with Gasteiger partial charge in [-0.3, -0.25) is 14.2 Å². The molecule has 0 saturated heterocycles. The fraction of sp³-hybridized carbons (Fsp3) is 0.350. The van der Waals surface area contributed by atoms with E-state index in [2.05, 4.69) is 0 Å². The van der Waals surface area contributed by atoms with Crippen molar-refractivity contribution in [3.8, 4) is 5.69 Å². The first kappa shape index (κ1) is 17.1. The summed E-state index contributed by atoms with van der Waals surface area (Å²) >= 11 is 0. The predicted octanol–water partition coefficient (Wildman–Crippen LogP) is 3.15. The number of hydrogen-bond acceptors (Lipinski definition) is 4. The second-order valence-electron chi connectivity index (χ2n) is 6.32. The summed E-state index contributed by atoms with van der Waals surface area (Å²) in [5, 5.41) is 0. The summed E-state index contributed by atoms with van der Waals surface area (Å²) in [5.74, 6) is -0.722. The molecular formula is C20H21NO4. The number of benzene rings is 1. The van der Waals surface area contributed by atoms with E-state index in [9.17, 15) is 14.4 Å². The van der Waals surface area contributed by atoms with E-state index in [1.807, 2.05) is 32.0 Å². The number of nitrogens with zero attached hydrogens (tertiary/aromatic N) is 1. The molecule has 1 aromatic carbocycles. The number of pyridine rings is 1. The van der Waals surface area contributed by atoms with Crippen molar-refractivity contribution >= 4 is 11.8 Å². The zero-order valence-electron chi connectivity index (χ0n) is 14.7. The highest BCUT2D eigenvalue weighted by Gasteiger charge is 2.29. The van der Waals surface area contributed by atoms with Gasteiger partial charge < -0.3 is 4.74 Å². The van der Waals surface area contributed by atoms with Crippen molar-refractivity contribution in [1.29, 1.82) is 0 Å². The van der Waals surface area contributed by atoms with Crippen molar-refractivity contribution in [1.82, 2.24) is 4.57 Å². The van der Waals surface area contributed by atoms with Crippen molar-refractivity contribution in [2.24, 2.45) is 0 Å². The Bertz CT molecular complexity index is 924. The molecule has 3 rings (SSSR count). The number of Topliss-reactive ketones (excluding diaryl/α,β-unsaturated/α-hetero) is 1. The normalized spacial score (nSPS) is 13.5. The quantitative estimate of drug-likeness (QED) is 0.806. The molecule has 0 unspecified atom stereocenters. The minimum absolute atomic E-state index is 0.0895. The van der Waals surface area contributed by atoms with Crippen LogP contribution in [0, 0.1) is 13.8 Å². The van der Waals surface area contributed by atoms with Crippen molar-refractivity contribution in [2.75, 3.05) is 6.61 Å². The summed E-state index contributed by atoms with van der Waals surface area (Å²) in [7, 11) is 0. The minimum atomic E-state index is -0.613. The Morgan fingerprint density at radius 3 is 2.56 bits per heavy atom. The Hall–Kier alpha value is -2.69. The molecule has 0 bridgehead atoms. The number of carbonyl (C=O) groups excluding carboxylic acids is 2. The molecule has 5 heteroatoms. The zero-order valence-corrected chi connectivity index (χ0v) is 14.7. The zero-order chi connectivity index (χ0) is 18.1. The highest BCUT2D eigenvalue weighted by atomic mass is 16.5. The summed E-state index contributed by atoms with van der Waals surface area (Å²) in [4.78, 5) is 37.5. The number of ketones is 1. The number of fused-ring (bicyclic) bond motifs is 1. The standard InChI is InChI=1S/C20H21NO4/c1-4-25-20(24)15-11-18(23)21(14-9-8-12(2)13(3)10-14)16-6-5-7-17(22)19(15)16/h8-11H,4-7H2,1-3H3. The van der Waals surface area contributed by atoms with Crippen molar-refractivity contribution in [3.05, 3.63) is 62.6 Å². The first-order chi connectivity index (χ1) is 11.9. The summed E-state index contributed by atoms with van der Waals surface area (Å²) < 4.78 is 6.60. The van der Waals surface area contributed by atoms with Crippen LogP contribution in [0.1, 0.15) is 57.3 Å². The van der Waals surface area contributed by atoms with Gasteiger partial charge in [0.1, 0.15) is 0 Å². The van der Waals surface area contributed by atoms with E-state index in [1.54, 1.807) is 11.5 Å². The molecule has 0 fully saturated rings. The first-order valence-corrected chi connectivity index (χ1v) is 8.51. The summed E-state index contributed by atoms with van der Waals surface area (Å²) in [5.41, 5.74) is 3.62. The Balaban J connectivity index is 2.29. The Labute approximate surface area is 146 Å². The third kappa shape index (κ3) is 3.02. The molecule has 2 aromatic rings. The van der Waals surface area contributed by atoms with Gasteiger partial charge in [0, 0.05) is 23.9 Å². The second-order valence-corrected chi connectivity index (χ2v) is 6.32. The maximum Gasteiger partial charge on any atom is 0.339 e. The molecule has 130 valence electrons. The van der Waals surface area contributed by atoms with Crippen LogP contribution in [0.5, 0.6) is 0 Å². The average molecular weight is 339 g/mol. The summed E-state index contributed by atoms with van der Waals surface area (Å²) in [6.45, 7) is 5.88. The highest BCUT2D eigenvalue weighted by Crippen LogP contribution is 2.26. The molecule has 25 heavy (non-hydrogen) atoms. The second kappa shape index (κ2) is 6.67. The van der Waals surface area contributed by atoms with E-state index < -0.39 is 5.97 Å². The Kier molecular flexibility index (Phi) is 4.57. The van der Waals surface area contributed by atoms with Crippen molar-refractivity contribution in [2.45, 2.75) is 40.0 Å². The molecule has 0 aliphatic heterocycles. The van der Waals surface area contributed by atoms with Crippen LogP contribution in [-0.4, -0.2) is 22.9 Å². The lowest BCUT2D eigenvalue weighted by Gasteiger charge is -2.22. The van der Waals surface area contributed by atoms with Crippen LogP contribution in [-0.2, 0) is 11.2 Å². The SMILES string of the molecule is CCOC(=O)c1cc(=O)n(-c2ccc(C)c(C)c2)c2c1C(=O)CCC2. The molecule has 0 spiro atoms. The van der Waals surface area contributed by atoms with Gasteiger partial charge in [-0.1, -0.05) is 6.07 Å². The number of aryl methyl sites for hydroxylation is 2. The van der Waals surface area contributed by atoms with Crippen molar-refractivity contribution in [3.63, 3.8) is 0 Å². The van der Waals surface area contributed by atoms with Crippen LogP contribution >= 0.6 is 0 Å². The van der Waals surface area contributed by atoms with E-state index in [0.717, 1.165) is 16.8 Å². The van der Waals surface area contributed by atoms with Gasteiger partial charge in [-0.25, -0.2) is 4.79 Å². The fourth-order valence-corrected chi connectivity index (χ4v) is 3.27. The largest absolute Gasteiger partial charge is 0.462 e. The van der Waals surface area contributed by atoms with Crippen LogP contribution in [0.15, 0.2) is 29.1 Å². The van der Waals surface area contributed by atoms with Gasteiger partial charge in [-0.15, -0.1) is 0 Å². The third-order valence-electron chi connectivity index (χ3n) is 4.66. The molecule has 0 amide bonds. The topological polar surface area (TPSA) is 65.4 Å². The molecule has 1 aliphatic rings. The first-order valence-electron chi connectivity index (χ1n) is 8.51. The minimum Gasteiger partial charge on any atom is -0.462 e. The Morgan fingerprint density at radius 1 is 1.12 bits per heavy atom. The molecular weight excluding hydrogens is 318 g/mol. The van der Waals surface area contributed by atoms with Crippen LogP contribution < -0.4 is 5.56 Å². The molecule has 0 saturated carbocycles. The highest BCUT2D eigenvalue weighted by molar-refractivity contribution is 6.07. The Morgan fingerprint density at radius 2 is 1.88 bits per heavy atom. The molecule has 0 N–H and O–H groups in total. The summed E-state index contributed by atoms with van der Waals surface area (Å²) in [6.07, 6.45) is 1.63. The van der Waals surface area contributed by atoms with E-state index in [4.69, 9.17) is 4.74 Å². The fourth-order valence-electron chi connectivity index (χ4n) is 3.27. The number of aromatic nitrogens is 1. The van der Waals surface area contributed by atoms with E-state index in [0.29, 0.717) is 30.5 Å². The van der Waals surface area contributed by atoms with Gasteiger partial charge in [0.2, 0.25) is 0 Å². The molecule has 5 nitrogen and oxygen atoms in total. The third-order valence-corrected chi connectivity index (χ3v) is 4.66. The number of carbonyl (C=O) groups is 2. The van der Waals surface area contributed by atoms with E-state index >= 15 is 0 Å². The lowest BCUT2D eigenvalue weighted by atomic mass is 9.90. The van der Waals surface area contributed by atoms with E-state index in [-0.39, 0.29) is 23.5 Å². The van der Waals surface area contributed by atoms with E-state index in [1.165, 1.54) is 6.07 Å². The average Bonchev–Trinajstić information content (AvgIpc) is 2.57. The van der Waals surface area contributed by atoms with Gasteiger partial charge in [-0.05, 0) is 56.9 Å². The van der Waals surface area contributed by atoms with Gasteiger partial charge in [0.05, 0.1) is 17.7 Å². The van der Waals surface area contributed by atoms with Crippen LogP contribution in [0.4, 0.5) is 0 Å². The van der Waals surface area contributed by atoms with Gasteiger partial charge in [0.15, 0.2) is 5.78 Å². The number of rotatable bonds is 3. The molecule has 1 aliphatic carbocycles. The molecule has 0 atom stereocenters. The number of ether oxygens (including phenoxy) is 1. The van der Waals surface area contributed by atoms with Crippen molar-refractivity contribution < 1.29 is 14.3 Å². The lowest BCUT2D eigenvalue weighted by molar-refractivity contribution is 0.0522. The molecule has 0 radical (unpaired) electrons. The number of hydrogen-bond donors (Lipinski definition) is 0. The maximum atomic E-state index is 12.8. The van der Waals surface area contributed by atoms with Gasteiger partial charge in [0.25, 0.3) is 5.56 Å². The number of esters is 1. The molecule has 1 heterocycles. The van der Waals surface area contributed by atoms with Crippen LogP contribution in [0.2, 0.25) is 0 Å². The molecule has 1 aromatic heterocycles. The summed E-state index contributed by atoms with van der Waals surface area (Å²) in [6, 6.07) is 6.98. The van der Waals surface area contributed by atoms with Gasteiger partial charge in [-0.2, -0.15) is 0 Å². The van der Waals surface area contributed by atoms with Crippen LogP contribution in [0.3, 0.4) is 0 Å². The monoisotopic (exact) mass is 339 g/mol. The maximum absolute atomic E-state index is 12.8.